The molecule has 2 aromatic rings. The first-order valence-electron chi connectivity index (χ1n) is 11.6. The van der Waals surface area contributed by atoms with Gasteiger partial charge in [0.1, 0.15) is 0 Å². The van der Waals surface area contributed by atoms with Crippen molar-refractivity contribution in [1.82, 2.24) is 10.2 Å². The number of amides is 2. The van der Waals surface area contributed by atoms with Gasteiger partial charge in [-0.1, -0.05) is 36.4 Å². The van der Waals surface area contributed by atoms with Gasteiger partial charge < -0.3 is 30.3 Å². The average Bonchev–Trinajstić information content (AvgIpc) is 3.23. The number of hydrogen-bond donors (Lipinski definition) is 4. The topological polar surface area (TPSA) is 103 Å². The predicted octanol–water partition coefficient (Wildman–Crippen LogP) is 2.93. The number of nitrogens with one attached hydrogen (secondary N) is 2. The molecular formula is C25H33N3O5. The van der Waals surface area contributed by atoms with E-state index in [-0.39, 0.29) is 30.9 Å². The van der Waals surface area contributed by atoms with Crippen LogP contribution in [0.25, 0.3) is 0 Å². The molecule has 0 aromatic heterocycles. The lowest BCUT2D eigenvalue weighted by molar-refractivity contribution is -0.252. The fourth-order valence-corrected chi connectivity index (χ4v) is 4.40. The molecule has 0 saturated carbocycles. The minimum atomic E-state index is -0.588. The van der Waals surface area contributed by atoms with Gasteiger partial charge in [-0.2, -0.15) is 0 Å². The highest BCUT2D eigenvalue weighted by atomic mass is 16.7. The van der Waals surface area contributed by atoms with Crippen molar-refractivity contribution in [3.63, 3.8) is 0 Å². The molecule has 178 valence electrons. The Morgan fingerprint density at radius 1 is 1.15 bits per heavy atom. The number of rotatable bonds is 7. The SMILES string of the molecule is CCNC(=O)Nc1cccc(C2OC(CN3CCC(O)C3)CC(c3ccc(CO)cc3)O2)c1. The van der Waals surface area contributed by atoms with E-state index in [1.807, 2.05) is 55.5 Å². The number of ether oxygens (including phenoxy) is 2. The number of carbonyl (C=O) groups is 1. The summed E-state index contributed by atoms with van der Waals surface area (Å²) in [5, 5.41) is 24.8. The zero-order valence-corrected chi connectivity index (χ0v) is 18.9. The van der Waals surface area contributed by atoms with Crippen LogP contribution in [0.5, 0.6) is 0 Å². The number of nitrogens with zero attached hydrogens (tertiary/aromatic N) is 1. The Bertz CT molecular complexity index is 923. The second kappa shape index (κ2) is 11.1. The van der Waals surface area contributed by atoms with Crippen molar-refractivity contribution >= 4 is 11.7 Å². The summed E-state index contributed by atoms with van der Waals surface area (Å²) >= 11 is 0. The third kappa shape index (κ3) is 6.31. The highest BCUT2D eigenvalue weighted by molar-refractivity contribution is 5.89. The number of benzene rings is 2. The molecule has 2 aliphatic rings. The summed E-state index contributed by atoms with van der Waals surface area (Å²) in [5.41, 5.74) is 3.38. The van der Waals surface area contributed by atoms with Crippen LogP contribution in [-0.4, -0.2) is 59.5 Å². The van der Waals surface area contributed by atoms with Crippen molar-refractivity contribution < 1.29 is 24.5 Å². The molecule has 2 saturated heterocycles. The lowest BCUT2D eigenvalue weighted by Crippen LogP contribution is -2.38. The molecule has 2 aromatic carbocycles. The molecule has 0 bridgehead atoms. The standard InChI is InChI=1S/C25H33N3O5/c1-2-26-25(31)27-20-5-3-4-19(12-20)24-32-22(15-28-11-10-21(30)14-28)13-23(33-24)18-8-6-17(16-29)7-9-18/h3-9,12,21-24,29-30H,2,10-11,13-16H2,1H3,(H2,26,27,31). The van der Waals surface area contributed by atoms with E-state index in [1.54, 1.807) is 0 Å². The van der Waals surface area contributed by atoms with Crippen LogP contribution in [0.3, 0.4) is 0 Å². The average molecular weight is 456 g/mol. The lowest BCUT2D eigenvalue weighted by atomic mass is 9.99. The number of aliphatic hydroxyl groups excluding tert-OH is 2. The number of urea groups is 1. The van der Waals surface area contributed by atoms with Crippen molar-refractivity contribution in [3.8, 4) is 0 Å². The fourth-order valence-electron chi connectivity index (χ4n) is 4.40. The zero-order valence-electron chi connectivity index (χ0n) is 18.9. The van der Waals surface area contributed by atoms with Crippen molar-refractivity contribution in [1.29, 1.82) is 0 Å². The van der Waals surface area contributed by atoms with Crippen molar-refractivity contribution in [3.05, 3.63) is 65.2 Å². The van der Waals surface area contributed by atoms with E-state index in [9.17, 15) is 15.0 Å². The highest BCUT2D eigenvalue weighted by Gasteiger charge is 2.34. The first-order valence-corrected chi connectivity index (χ1v) is 11.6. The van der Waals surface area contributed by atoms with Crippen molar-refractivity contribution in [2.24, 2.45) is 0 Å². The maximum atomic E-state index is 11.9. The summed E-state index contributed by atoms with van der Waals surface area (Å²) in [7, 11) is 0. The van der Waals surface area contributed by atoms with E-state index in [0.29, 0.717) is 25.2 Å². The number of carbonyl (C=O) groups excluding carboxylic acids is 1. The van der Waals surface area contributed by atoms with Crippen LogP contribution in [0.4, 0.5) is 10.5 Å². The Morgan fingerprint density at radius 2 is 1.97 bits per heavy atom. The molecule has 33 heavy (non-hydrogen) atoms. The van der Waals surface area contributed by atoms with Gasteiger partial charge in [-0.25, -0.2) is 4.79 Å². The Labute approximate surface area is 194 Å². The maximum Gasteiger partial charge on any atom is 0.319 e. The monoisotopic (exact) mass is 455 g/mol. The number of anilines is 1. The normalized spacial score (nSPS) is 25.7. The second-order valence-electron chi connectivity index (χ2n) is 8.66. The maximum absolute atomic E-state index is 11.9. The van der Waals surface area contributed by atoms with Gasteiger partial charge in [0, 0.05) is 43.9 Å². The molecule has 2 heterocycles. The van der Waals surface area contributed by atoms with Crippen LogP contribution in [0, 0.1) is 0 Å². The number of β-amino-alcohol motifs (C(OH)–C–C–N with tert-alkyl or cyclic N) is 1. The van der Waals surface area contributed by atoms with Gasteiger partial charge in [0.25, 0.3) is 0 Å². The quantitative estimate of drug-likeness (QED) is 0.512. The first-order chi connectivity index (χ1) is 16.0. The molecule has 4 unspecified atom stereocenters. The van der Waals surface area contributed by atoms with Crippen LogP contribution in [0.2, 0.25) is 0 Å². The van der Waals surface area contributed by atoms with Crippen molar-refractivity contribution in [2.75, 3.05) is 31.5 Å². The first kappa shape index (κ1) is 23.7. The molecule has 8 heteroatoms. The molecule has 4 atom stereocenters. The molecule has 2 aliphatic heterocycles. The number of likely N-dealkylation sites (tertiary alicyclic amines) is 1. The highest BCUT2D eigenvalue weighted by Crippen LogP contribution is 2.38. The summed E-state index contributed by atoms with van der Waals surface area (Å²) in [6, 6.07) is 15.0. The van der Waals surface area contributed by atoms with E-state index in [1.165, 1.54) is 0 Å². The van der Waals surface area contributed by atoms with Gasteiger partial charge in [-0.3, -0.25) is 4.90 Å². The molecule has 2 amide bonds. The smallest absolute Gasteiger partial charge is 0.319 e. The fraction of sp³-hybridized carbons (Fsp3) is 0.480. The van der Waals surface area contributed by atoms with E-state index in [4.69, 9.17) is 9.47 Å². The van der Waals surface area contributed by atoms with Gasteiger partial charge in [0.15, 0.2) is 6.29 Å². The van der Waals surface area contributed by atoms with Gasteiger partial charge in [-0.15, -0.1) is 0 Å². The Hall–Kier alpha value is -2.49. The summed E-state index contributed by atoms with van der Waals surface area (Å²) in [6.07, 6.45) is 0.366. The molecule has 8 nitrogen and oxygen atoms in total. The lowest BCUT2D eigenvalue weighted by Gasteiger charge is -2.38. The summed E-state index contributed by atoms with van der Waals surface area (Å²) in [6.45, 7) is 4.65. The van der Waals surface area contributed by atoms with Gasteiger partial charge in [0.2, 0.25) is 0 Å². The molecule has 4 rings (SSSR count). The summed E-state index contributed by atoms with van der Waals surface area (Å²) in [4.78, 5) is 14.2. The predicted molar refractivity (Wildman–Crippen MR) is 125 cm³/mol. The summed E-state index contributed by atoms with van der Waals surface area (Å²) < 4.78 is 12.7. The van der Waals surface area contributed by atoms with Crippen LogP contribution < -0.4 is 10.6 Å². The third-order valence-electron chi connectivity index (χ3n) is 6.08. The van der Waals surface area contributed by atoms with Gasteiger partial charge in [-0.05, 0) is 36.6 Å². The van der Waals surface area contributed by atoms with Crippen LogP contribution >= 0.6 is 0 Å². The van der Waals surface area contributed by atoms with E-state index >= 15 is 0 Å². The van der Waals surface area contributed by atoms with E-state index in [0.717, 1.165) is 36.2 Å². The minimum absolute atomic E-state index is 0.00283. The minimum Gasteiger partial charge on any atom is -0.392 e. The van der Waals surface area contributed by atoms with E-state index < -0.39 is 6.29 Å². The number of aliphatic hydroxyl groups is 2. The third-order valence-corrected chi connectivity index (χ3v) is 6.08. The van der Waals surface area contributed by atoms with Crippen LogP contribution in [-0.2, 0) is 16.1 Å². The Morgan fingerprint density at radius 3 is 2.67 bits per heavy atom. The summed E-state index contributed by atoms with van der Waals surface area (Å²) in [5.74, 6) is 0. The zero-order chi connectivity index (χ0) is 23.2. The molecule has 0 aliphatic carbocycles. The molecule has 4 N–H and O–H groups in total. The number of hydrogen-bond acceptors (Lipinski definition) is 6. The second-order valence-corrected chi connectivity index (χ2v) is 8.66. The van der Waals surface area contributed by atoms with Crippen LogP contribution in [0.1, 0.15) is 48.8 Å². The van der Waals surface area contributed by atoms with Gasteiger partial charge in [0.05, 0.1) is 24.9 Å². The van der Waals surface area contributed by atoms with E-state index in [2.05, 4.69) is 15.5 Å². The molecule has 0 spiro atoms. The molecule has 2 fully saturated rings. The Balaban J connectivity index is 1.53. The molecular weight excluding hydrogens is 422 g/mol. The Kier molecular flexibility index (Phi) is 7.95. The largest absolute Gasteiger partial charge is 0.392 e. The van der Waals surface area contributed by atoms with Crippen LogP contribution in [0.15, 0.2) is 48.5 Å². The van der Waals surface area contributed by atoms with Crippen molar-refractivity contribution in [2.45, 2.75) is 51.0 Å². The van der Waals surface area contributed by atoms with Gasteiger partial charge >= 0.3 is 6.03 Å². The molecule has 0 radical (unpaired) electrons.